The number of esters is 1. The SMILES string of the molecule is CCCCCCCCCCCCCCCCCC(=O)OCC(COP([O-])(=S)OCC[N+](C)(C)C)OC. The van der Waals surface area contributed by atoms with Crippen LogP contribution in [0.25, 0.3) is 0 Å². The number of ether oxygens (including phenoxy) is 2. The number of hydrogen-bond acceptors (Lipinski definition) is 7. The molecule has 2 atom stereocenters. The van der Waals surface area contributed by atoms with Crippen molar-refractivity contribution in [3.8, 4) is 0 Å². The van der Waals surface area contributed by atoms with Gasteiger partial charge in [-0.2, -0.15) is 0 Å². The van der Waals surface area contributed by atoms with Crippen LogP contribution in [0.15, 0.2) is 0 Å². The fourth-order valence-electron chi connectivity index (χ4n) is 3.72. The summed E-state index contributed by atoms with van der Waals surface area (Å²) >= 11 is 4.92. The van der Waals surface area contributed by atoms with E-state index < -0.39 is 12.8 Å². The minimum atomic E-state index is -3.59. The fraction of sp³-hybridized carbons (Fsp3) is 0.963. The molecule has 0 bridgehead atoms. The lowest BCUT2D eigenvalue weighted by molar-refractivity contribution is -0.870. The minimum absolute atomic E-state index is 0.0439. The highest BCUT2D eigenvalue weighted by Crippen LogP contribution is 2.38. The molecule has 0 fully saturated rings. The fourth-order valence-corrected chi connectivity index (χ4v) is 4.86. The molecule has 0 saturated heterocycles. The van der Waals surface area contributed by atoms with Gasteiger partial charge in [-0.05, 0) is 6.42 Å². The smallest absolute Gasteiger partial charge is 0.305 e. The second kappa shape index (κ2) is 22.9. The number of quaternary nitrogens is 1. The molecule has 0 aromatic carbocycles. The quantitative estimate of drug-likeness (QED) is 0.0552. The van der Waals surface area contributed by atoms with E-state index in [1.807, 2.05) is 21.1 Å². The zero-order valence-corrected chi connectivity index (χ0v) is 25.7. The Hall–Kier alpha value is -0.0800. The highest BCUT2D eigenvalue weighted by molar-refractivity contribution is 8.06. The van der Waals surface area contributed by atoms with Crippen LogP contribution in [0.5, 0.6) is 0 Å². The number of carbonyl (C=O) groups excluding carboxylic acids is 1. The first-order chi connectivity index (χ1) is 17.1. The van der Waals surface area contributed by atoms with E-state index in [1.54, 1.807) is 0 Å². The molecule has 216 valence electrons. The summed E-state index contributed by atoms with van der Waals surface area (Å²) < 4.78 is 21.7. The molecule has 0 aromatic rings. The average molecular weight is 554 g/mol. The normalized spacial score (nSPS) is 14.5. The van der Waals surface area contributed by atoms with Crippen molar-refractivity contribution in [2.75, 3.05) is 54.6 Å². The van der Waals surface area contributed by atoms with Gasteiger partial charge in [0, 0.05) is 13.5 Å². The zero-order valence-electron chi connectivity index (χ0n) is 24.0. The Bertz CT molecular complexity index is 573. The summed E-state index contributed by atoms with van der Waals surface area (Å²) in [5, 5.41) is 0. The number of hydrogen-bond donors (Lipinski definition) is 0. The highest BCUT2D eigenvalue weighted by atomic mass is 32.5. The first-order valence-electron chi connectivity index (χ1n) is 14.2. The third kappa shape index (κ3) is 25.6. The lowest BCUT2D eigenvalue weighted by atomic mass is 10.0. The van der Waals surface area contributed by atoms with Crippen molar-refractivity contribution in [1.29, 1.82) is 0 Å². The Morgan fingerprint density at radius 2 is 1.28 bits per heavy atom. The zero-order chi connectivity index (χ0) is 27.1. The maximum atomic E-state index is 12.2. The molecule has 0 aliphatic heterocycles. The number of nitrogens with zero attached hydrogens (tertiary/aromatic N) is 1. The van der Waals surface area contributed by atoms with E-state index in [0.717, 1.165) is 12.8 Å². The van der Waals surface area contributed by atoms with E-state index in [9.17, 15) is 9.69 Å². The van der Waals surface area contributed by atoms with Gasteiger partial charge in [0.25, 0.3) is 0 Å². The predicted molar refractivity (Wildman–Crippen MR) is 150 cm³/mol. The van der Waals surface area contributed by atoms with Crippen molar-refractivity contribution >= 4 is 24.5 Å². The molecule has 0 heterocycles. The summed E-state index contributed by atoms with van der Waals surface area (Å²) in [7, 11) is 7.51. The summed E-state index contributed by atoms with van der Waals surface area (Å²) in [4.78, 5) is 24.2. The van der Waals surface area contributed by atoms with E-state index in [1.165, 1.54) is 90.6 Å². The second-order valence-electron chi connectivity index (χ2n) is 10.8. The molecule has 0 N–H and O–H groups in total. The van der Waals surface area contributed by atoms with Gasteiger partial charge in [-0.25, -0.2) is 0 Å². The third-order valence-corrected chi connectivity index (χ3v) is 7.77. The Balaban J connectivity index is 3.65. The lowest BCUT2D eigenvalue weighted by Gasteiger charge is -2.31. The van der Waals surface area contributed by atoms with Crippen LogP contribution in [-0.2, 0) is 35.1 Å². The third-order valence-electron chi connectivity index (χ3n) is 6.18. The van der Waals surface area contributed by atoms with Crippen molar-refractivity contribution < 1.29 is 32.7 Å². The maximum absolute atomic E-state index is 12.2. The van der Waals surface area contributed by atoms with Gasteiger partial charge < -0.3 is 27.9 Å². The predicted octanol–water partition coefficient (Wildman–Crippen LogP) is 6.13. The van der Waals surface area contributed by atoms with E-state index >= 15 is 0 Å². The van der Waals surface area contributed by atoms with E-state index in [-0.39, 0.29) is 25.8 Å². The second-order valence-corrected chi connectivity index (χ2v) is 13.6. The van der Waals surface area contributed by atoms with Crippen LogP contribution in [0.4, 0.5) is 0 Å². The summed E-state index contributed by atoms with van der Waals surface area (Å²) in [6, 6.07) is 0. The van der Waals surface area contributed by atoms with Gasteiger partial charge >= 0.3 is 5.97 Å². The van der Waals surface area contributed by atoms with Crippen molar-refractivity contribution in [3.05, 3.63) is 0 Å². The highest BCUT2D eigenvalue weighted by Gasteiger charge is 2.15. The molecular formula is C27H56NO6PS. The molecule has 2 unspecified atom stereocenters. The van der Waals surface area contributed by atoms with Crippen LogP contribution in [0, 0.1) is 0 Å². The van der Waals surface area contributed by atoms with Gasteiger partial charge in [0.05, 0.1) is 27.7 Å². The average Bonchev–Trinajstić information content (AvgIpc) is 2.80. The summed E-state index contributed by atoms with van der Waals surface area (Å²) in [6.07, 6.45) is 19.3. The Kier molecular flexibility index (Phi) is 22.8. The molecule has 0 saturated carbocycles. The van der Waals surface area contributed by atoms with E-state index in [0.29, 0.717) is 17.4 Å². The van der Waals surface area contributed by atoms with Gasteiger partial charge in [-0.1, -0.05) is 109 Å². The first-order valence-corrected chi connectivity index (χ1v) is 16.7. The molecule has 0 spiro atoms. The van der Waals surface area contributed by atoms with Crippen LogP contribution in [0.2, 0.25) is 0 Å². The van der Waals surface area contributed by atoms with E-state index in [2.05, 4.69) is 6.92 Å². The number of rotatable bonds is 26. The molecule has 0 aliphatic carbocycles. The van der Waals surface area contributed by atoms with Crippen LogP contribution in [0.3, 0.4) is 0 Å². The van der Waals surface area contributed by atoms with Crippen LogP contribution < -0.4 is 4.89 Å². The molecule has 0 rings (SSSR count). The van der Waals surface area contributed by atoms with Crippen molar-refractivity contribution in [3.63, 3.8) is 0 Å². The van der Waals surface area contributed by atoms with Crippen LogP contribution >= 0.6 is 6.72 Å². The van der Waals surface area contributed by atoms with Crippen LogP contribution in [-0.4, -0.2) is 71.2 Å². The number of methoxy groups -OCH3 is 1. The Morgan fingerprint density at radius 3 is 1.72 bits per heavy atom. The Labute approximate surface area is 227 Å². The molecule has 7 nitrogen and oxygen atoms in total. The van der Waals surface area contributed by atoms with Gasteiger partial charge in [-0.3, -0.25) is 4.79 Å². The van der Waals surface area contributed by atoms with Gasteiger partial charge in [0.15, 0.2) is 0 Å². The number of carbonyl (C=O) groups is 1. The summed E-state index contributed by atoms with van der Waals surface area (Å²) in [6.45, 7) is -0.417. The van der Waals surface area contributed by atoms with Gasteiger partial charge in [0.1, 0.15) is 32.6 Å². The topological polar surface area (TPSA) is 77.1 Å². The number of likely N-dealkylation sites (N-methyl/N-ethyl adjacent to an activating group) is 1. The first kappa shape index (κ1) is 35.9. The molecular weight excluding hydrogens is 497 g/mol. The van der Waals surface area contributed by atoms with Gasteiger partial charge in [0.2, 0.25) is 0 Å². The standard InChI is InChI=1S/C27H56NO6PS/c1-6-7-8-9-10-11-12-13-14-15-16-17-18-19-20-21-27(29)32-24-26(31-5)25-34-35(30,36)33-23-22-28(2,3)4/h26H,6-25H2,1-5H3. The summed E-state index contributed by atoms with van der Waals surface area (Å²) in [5.74, 6) is -0.243. The molecule has 36 heavy (non-hydrogen) atoms. The van der Waals surface area contributed by atoms with Crippen LogP contribution in [0.1, 0.15) is 110 Å². The maximum Gasteiger partial charge on any atom is 0.305 e. The largest absolute Gasteiger partial charge is 0.780 e. The Morgan fingerprint density at radius 1 is 0.806 bits per heavy atom. The van der Waals surface area contributed by atoms with E-state index in [4.69, 9.17) is 30.3 Å². The molecule has 0 amide bonds. The molecule has 0 aliphatic rings. The van der Waals surface area contributed by atoms with Crippen molar-refractivity contribution in [1.82, 2.24) is 0 Å². The minimum Gasteiger partial charge on any atom is -0.780 e. The van der Waals surface area contributed by atoms with Gasteiger partial charge in [-0.15, -0.1) is 0 Å². The van der Waals surface area contributed by atoms with Crippen molar-refractivity contribution in [2.45, 2.75) is 116 Å². The lowest BCUT2D eigenvalue weighted by Crippen LogP contribution is -2.37. The number of unbranched alkanes of at least 4 members (excludes halogenated alkanes) is 14. The van der Waals surface area contributed by atoms with Crippen molar-refractivity contribution in [2.24, 2.45) is 0 Å². The summed E-state index contributed by atoms with van der Waals surface area (Å²) in [5.41, 5.74) is 0. The molecule has 0 aromatic heterocycles. The molecule has 0 radical (unpaired) electrons. The molecule has 9 heteroatoms. The monoisotopic (exact) mass is 553 g/mol.